The monoisotopic (exact) mass is 230 g/mol. The fourth-order valence-corrected chi connectivity index (χ4v) is 2.54. The summed E-state index contributed by atoms with van der Waals surface area (Å²) in [6, 6.07) is 4.49. The number of rotatable bonds is 3. The molecule has 1 aromatic rings. The summed E-state index contributed by atoms with van der Waals surface area (Å²) in [5, 5.41) is 17.2. The van der Waals surface area contributed by atoms with Crippen molar-refractivity contribution in [2.24, 2.45) is 0 Å². The molecule has 0 bridgehead atoms. The minimum Gasteiger partial charge on any atom is -0.351 e. The highest BCUT2D eigenvalue weighted by Gasteiger charge is 2.24. The summed E-state index contributed by atoms with van der Waals surface area (Å²) in [5.74, 6) is 0.771. The molecule has 17 heavy (non-hydrogen) atoms. The highest BCUT2D eigenvalue weighted by atomic mass is 15.3. The van der Waals surface area contributed by atoms with Gasteiger partial charge in [-0.3, -0.25) is 0 Å². The third-order valence-electron chi connectivity index (χ3n) is 3.34. The van der Waals surface area contributed by atoms with Crippen LogP contribution in [0, 0.1) is 11.3 Å². The lowest BCUT2D eigenvalue weighted by Gasteiger charge is -2.36. The molecule has 4 heteroatoms. The molecule has 1 unspecified atom stereocenters. The van der Waals surface area contributed by atoms with Crippen LogP contribution in [0.25, 0.3) is 0 Å². The molecule has 1 aromatic heterocycles. The molecule has 0 saturated carbocycles. The molecule has 0 aliphatic carbocycles. The molecular formula is C13H18N4. The second-order valence-corrected chi connectivity index (χ2v) is 4.51. The molecule has 90 valence electrons. The zero-order valence-corrected chi connectivity index (χ0v) is 10.3. The van der Waals surface area contributed by atoms with Gasteiger partial charge in [0.1, 0.15) is 6.07 Å². The predicted molar refractivity (Wildman–Crippen MR) is 66.6 cm³/mol. The first-order valence-corrected chi connectivity index (χ1v) is 6.35. The van der Waals surface area contributed by atoms with E-state index in [1.807, 2.05) is 0 Å². The SMILES string of the molecule is CCCC1CCCCN1c1nnccc1C#N. The van der Waals surface area contributed by atoms with Crippen LogP contribution in [0.3, 0.4) is 0 Å². The minimum absolute atomic E-state index is 0.526. The van der Waals surface area contributed by atoms with Gasteiger partial charge in [-0.15, -0.1) is 5.10 Å². The summed E-state index contributed by atoms with van der Waals surface area (Å²) in [5.41, 5.74) is 0.642. The summed E-state index contributed by atoms with van der Waals surface area (Å²) >= 11 is 0. The number of nitrogens with zero attached hydrogens (tertiary/aromatic N) is 4. The van der Waals surface area contributed by atoms with Crippen molar-refractivity contribution in [3.05, 3.63) is 17.8 Å². The van der Waals surface area contributed by atoms with E-state index in [1.54, 1.807) is 12.3 Å². The molecule has 1 fully saturated rings. The van der Waals surface area contributed by atoms with E-state index in [0.29, 0.717) is 11.6 Å². The molecule has 0 aromatic carbocycles. The molecule has 0 spiro atoms. The van der Waals surface area contributed by atoms with Crippen molar-refractivity contribution >= 4 is 5.82 Å². The van der Waals surface area contributed by atoms with Crippen LogP contribution in [0.2, 0.25) is 0 Å². The third-order valence-corrected chi connectivity index (χ3v) is 3.34. The third kappa shape index (κ3) is 2.55. The second kappa shape index (κ2) is 5.62. The summed E-state index contributed by atoms with van der Waals surface area (Å²) in [6.07, 6.45) is 7.59. The van der Waals surface area contributed by atoms with Gasteiger partial charge < -0.3 is 4.90 Å². The van der Waals surface area contributed by atoms with E-state index < -0.39 is 0 Å². The van der Waals surface area contributed by atoms with Crippen LogP contribution in [-0.2, 0) is 0 Å². The van der Waals surface area contributed by atoms with Crippen molar-refractivity contribution in [2.75, 3.05) is 11.4 Å². The molecule has 1 atom stereocenters. The molecule has 2 heterocycles. The second-order valence-electron chi connectivity index (χ2n) is 4.51. The summed E-state index contributed by atoms with van der Waals surface area (Å²) in [4.78, 5) is 2.28. The van der Waals surface area contributed by atoms with Crippen molar-refractivity contribution in [1.82, 2.24) is 10.2 Å². The predicted octanol–water partition coefficient (Wildman–Crippen LogP) is 2.51. The highest BCUT2D eigenvalue weighted by molar-refractivity contribution is 5.53. The molecule has 2 rings (SSSR count). The number of piperidine rings is 1. The van der Waals surface area contributed by atoms with Crippen LogP contribution in [0.15, 0.2) is 12.3 Å². The number of anilines is 1. The number of hydrogen-bond acceptors (Lipinski definition) is 4. The van der Waals surface area contributed by atoms with Gasteiger partial charge in [0.25, 0.3) is 0 Å². The van der Waals surface area contributed by atoms with E-state index in [9.17, 15) is 0 Å². The van der Waals surface area contributed by atoms with Crippen LogP contribution in [0.1, 0.15) is 44.6 Å². The summed E-state index contributed by atoms with van der Waals surface area (Å²) in [6.45, 7) is 3.20. The highest BCUT2D eigenvalue weighted by Crippen LogP contribution is 2.27. The molecule has 0 N–H and O–H groups in total. The van der Waals surface area contributed by atoms with Gasteiger partial charge >= 0.3 is 0 Å². The van der Waals surface area contributed by atoms with Crippen LogP contribution >= 0.6 is 0 Å². The topological polar surface area (TPSA) is 52.8 Å². The Balaban J connectivity index is 2.26. The molecule has 0 radical (unpaired) electrons. The van der Waals surface area contributed by atoms with Gasteiger partial charge in [-0.2, -0.15) is 10.4 Å². The first kappa shape index (κ1) is 11.8. The molecule has 1 saturated heterocycles. The lowest BCUT2D eigenvalue weighted by Crippen LogP contribution is -2.40. The van der Waals surface area contributed by atoms with Gasteiger partial charge in [0.05, 0.1) is 11.8 Å². The maximum Gasteiger partial charge on any atom is 0.169 e. The van der Waals surface area contributed by atoms with Gasteiger partial charge in [0, 0.05) is 12.6 Å². The van der Waals surface area contributed by atoms with Crippen LogP contribution < -0.4 is 4.90 Å². The Morgan fingerprint density at radius 2 is 2.41 bits per heavy atom. The van der Waals surface area contributed by atoms with Gasteiger partial charge in [-0.05, 0) is 31.7 Å². The maximum absolute atomic E-state index is 9.12. The van der Waals surface area contributed by atoms with E-state index >= 15 is 0 Å². The first-order valence-electron chi connectivity index (χ1n) is 6.35. The van der Waals surface area contributed by atoms with E-state index in [-0.39, 0.29) is 0 Å². The van der Waals surface area contributed by atoms with Gasteiger partial charge in [0.2, 0.25) is 0 Å². The average molecular weight is 230 g/mol. The van der Waals surface area contributed by atoms with E-state index in [1.165, 1.54) is 32.1 Å². The fraction of sp³-hybridized carbons (Fsp3) is 0.615. The molecule has 4 nitrogen and oxygen atoms in total. The lowest BCUT2D eigenvalue weighted by atomic mass is 9.98. The molecule has 0 amide bonds. The van der Waals surface area contributed by atoms with Gasteiger partial charge in [-0.1, -0.05) is 13.3 Å². The minimum atomic E-state index is 0.526. The molecule has 1 aliphatic rings. The maximum atomic E-state index is 9.12. The van der Waals surface area contributed by atoms with Crippen molar-refractivity contribution in [2.45, 2.75) is 45.1 Å². The van der Waals surface area contributed by atoms with Crippen molar-refractivity contribution in [3.8, 4) is 6.07 Å². The average Bonchev–Trinajstić information content (AvgIpc) is 2.40. The van der Waals surface area contributed by atoms with E-state index in [0.717, 1.165) is 12.4 Å². The van der Waals surface area contributed by atoms with Crippen LogP contribution in [-0.4, -0.2) is 22.8 Å². The Morgan fingerprint density at radius 3 is 3.18 bits per heavy atom. The Labute approximate surface area is 102 Å². The first-order chi connectivity index (χ1) is 8.36. The largest absolute Gasteiger partial charge is 0.351 e. The normalized spacial score (nSPS) is 20.0. The number of nitriles is 1. The van der Waals surface area contributed by atoms with Gasteiger partial charge in [-0.25, -0.2) is 0 Å². The number of aromatic nitrogens is 2. The van der Waals surface area contributed by atoms with Gasteiger partial charge in [0.15, 0.2) is 5.82 Å². The zero-order valence-electron chi connectivity index (χ0n) is 10.3. The quantitative estimate of drug-likeness (QED) is 0.800. The standard InChI is InChI=1S/C13H18N4/c1-2-5-12-6-3-4-9-17(12)13-11(10-14)7-8-15-16-13/h7-8,12H,2-6,9H2,1H3. The van der Waals surface area contributed by atoms with Crippen LogP contribution in [0.4, 0.5) is 5.82 Å². The van der Waals surface area contributed by atoms with Crippen molar-refractivity contribution < 1.29 is 0 Å². The Hall–Kier alpha value is -1.63. The van der Waals surface area contributed by atoms with Crippen molar-refractivity contribution in [3.63, 3.8) is 0 Å². The molecule has 1 aliphatic heterocycles. The fourth-order valence-electron chi connectivity index (χ4n) is 2.54. The lowest BCUT2D eigenvalue weighted by molar-refractivity contribution is 0.430. The van der Waals surface area contributed by atoms with Crippen molar-refractivity contribution in [1.29, 1.82) is 5.26 Å². The van der Waals surface area contributed by atoms with E-state index in [2.05, 4.69) is 28.1 Å². The van der Waals surface area contributed by atoms with E-state index in [4.69, 9.17) is 5.26 Å². The zero-order chi connectivity index (χ0) is 12.1. The summed E-state index contributed by atoms with van der Waals surface area (Å²) in [7, 11) is 0. The van der Waals surface area contributed by atoms with Crippen LogP contribution in [0.5, 0.6) is 0 Å². The Kier molecular flexibility index (Phi) is 3.92. The smallest absolute Gasteiger partial charge is 0.169 e. The number of hydrogen-bond donors (Lipinski definition) is 0. The Morgan fingerprint density at radius 1 is 1.53 bits per heavy atom. The summed E-state index contributed by atoms with van der Waals surface area (Å²) < 4.78 is 0. The molecular weight excluding hydrogens is 212 g/mol. The Bertz CT molecular complexity index is 408.